The Morgan fingerprint density at radius 1 is 1.31 bits per heavy atom. The third-order valence-electron chi connectivity index (χ3n) is 5.32. The minimum absolute atomic E-state index is 0.0572. The fourth-order valence-electron chi connectivity index (χ4n) is 3.93. The molecule has 0 amide bonds. The Morgan fingerprint density at radius 2 is 2.04 bits per heavy atom. The van der Waals surface area contributed by atoms with Crippen molar-refractivity contribution in [3.8, 4) is 5.75 Å². The zero-order chi connectivity index (χ0) is 19.1. The topological polar surface area (TPSA) is 98.9 Å². The molecule has 7 heteroatoms. The third kappa shape index (κ3) is 3.82. The number of nitro benzene ring substituents is 1. The molecule has 4 unspecified atom stereocenters. The summed E-state index contributed by atoms with van der Waals surface area (Å²) < 4.78 is 12.2. The first kappa shape index (κ1) is 18.6. The highest BCUT2D eigenvalue weighted by atomic mass is 16.7. The molecule has 2 saturated carbocycles. The molecule has 0 radical (unpaired) electrons. The number of fused-ring (bicyclic) bond motifs is 2. The van der Waals surface area contributed by atoms with Gasteiger partial charge in [-0.3, -0.25) is 10.1 Å². The molecule has 1 N–H and O–H groups in total. The van der Waals surface area contributed by atoms with E-state index in [0.717, 1.165) is 18.9 Å². The van der Waals surface area contributed by atoms with Gasteiger partial charge in [-0.15, -0.1) is 0 Å². The van der Waals surface area contributed by atoms with Crippen LogP contribution in [0.5, 0.6) is 5.75 Å². The summed E-state index contributed by atoms with van der Waals surface area (Å²) in [5, 5.41) is 20.5. The van der Waals surface area contributed by atoms with Crippen molar-refractivity contribution in [2.75, 3.05) is 0 Å². The van der Waals surface area contributed by atoms with E-state index < -0.39 is 22.6 Å². The quantitative estimate of drug-likeness (QED) is 0.461. The largest absolute Gasteiger partial charge is 0.478 e. The van der Waals surface area contributed by atoms with E-state index >= 15 is 0 Å². The molecule has 2 aliphatic rings. The fraction of sp³-hybridized carbons (Fsp3) is 0.632. The molecule has 2 bridgehead atoms. The number of nitrogens with zero attached hydrogens (tertiary/aromatic N) is 1. The molecule has 4 atom stereocenters. The lowest BCUT2D eigenvalue weighted by atomic mass is 9.94. The predicted molar refractivity (Wildman–Crippen MR) is 94.2 cm³/mol. The highest BCUT2D eigenvalue weighted by Gasteiger charge is 2.43. The van der Waals surface area contributed by atoms with Crippen LogP contribution in [0.4, 0.5) is 5.69 Å². The Morgan fingerprint density at radius 3 is 2.54 bits per heavy atom. The zero-order valence-electron chi connectivity index (χ0n) is 15.3. The van der Waals surface area contributed by atoms with Crippen LogP contribution < -0.4 is 4.74 Å². The van der Waals surface area contributed by atoms with E-state index in [1.165, 1.54) is 25.0 Å². The van der Waals surface area contributed by atoms with Gasteiger partial charge in [0, 0.05) is 17.5 Å². The number of rotatable bonds is 6. The van der Waals surface area contributed by atoms with E-state index in [9.17, 15) is 20.0 Å². The van der Waals surface area contributed by atoms with Crippen LogP contribution in [0.15, 0.2) is 18.2 Å². The summed E-state index contributed by atoms with van der Waals surface area (Å²) in [7, 11) is 0. The average Bonchev–Trinajstić information content (AvgIpc) is 3.15. The van der Waals surface area contributed by atoms with Crippen molar-refractivity contribution in [1.29, 1.82) is 0 Å². The second-order valence-corrected chi connectivity index (χ2v) is 8.41. The van der Waals surface area contributed by atoms with Gasteiger partial charge in [0.1, 0.15) is 0 Å². The average molecular weight is 363 g/mol. The summed E-state index contributed by atoms with van der Waals surface area (Å²) >= 11 is 0. The fourth-order valence-corrected chi connectivity index (χ4v) is 3.93. The Hall–Kier alpha value is -2.15. The van der Waals surface area contributed by atoms with Gasteiger partial charge >= 0.3 is 11.7 Å². The Balaban J connectivity index is 1.85. The molecule has 7 nitrogen and oxygen atoms in total. The first-order valence-corrected chi connectivity index (χ1v) is 8.99. The zero-order valence-corrected chi connectivity index (χ0v) is 15.3. The summed E-state index contributed by atoms with van der Waals surface area (Å²) in [6, 6.07) is 3.57. The highest BCUT2D eigenvalue weighted by Crippen LogP contribution is 2.47. The molecule has 2 aliphatic carbocycles. The maximum absolute atomic E-state index is 11.3. The summed E-state index contributed by atoms with van der Waals surface area (Å²) in [5.74, 6) is -0.00635. The van der Waals surface area contributed by atoms with Crippen molar-refractivity contribution in [3.63, 3.8) is 0 Å². The lowest BCUT2D eigenvalue weighted by molar-refractivity contribution is -0.386. The summed E-state index contributed by atoms with van der Waals surface area (Å²) in [6.45, 7) is 5.83. The maximum Gasteiger partial charge on any atom is 0.335 e. The number of nitro groups is 1. The molecule has 2 fully saturated rings. The van der Waals surface area contributed by atoms with Gasteiger partial charge in [-0.05, 0) is 43.6 Å². The molecule has 0 aromatic heterocycles. The van der Waals surface area contributed by atoms with Crippen LogP contribution in [0.1, 0.15) is 56.8 Å². The first-order chi connectivity index (χ1) is 12.1. The third-order valence-corrected chi connectivity index (χ3v) is 5.32. The molecule has 1 aromatic rings. The summed E-state index contributed by atoms with van der Waals surface area (Å²) in [4.78, 5) is 22.0. The van der Waals surface area contributed by atoms with Crippen LogP contribution in [0.3, 0.4) is 0 Å². The summed E-state index contributed by atoms with van der Waals surface area (Å²) in [5.41, 5.74) is -0.742. The molecule has 0 saturated heterocycles. The Labute approximate surface area is 152 Å². The standard InChI is InChI=1S/C19H25NO6/c1-19(2,3)18(25-15-9-11-4-5-12(15)8-11)26-16-10-13(17(21)22)6-7-14(16)20(23)24/h6-7,10-12,15,18H,4-5,8-9H2,1-3H3,(H,21,22). The van der Waals surface area contributed by atoms with Gasteiger partial charge < -0.3 is 14.6 Å². The number of carboxylic acids is 1. The maximum atomic E-state index is 11.3. The SMILES string of the molecule is CC(C)(C)C(Oc1cc(C(=O)O)ccc1[N+](=O)[O-])OC1CC2CCC1C2. The van der Waals surface area contributed by atoms with Crippen LogP contribution in [-0.2, 0) is 4.74 Å². The van der Waals surface area contributed by atoms with Gasteiger partial charge in [0.25, 0.3) is 0 Å². The second kappa shape index (κ2) is 6.87. The van der Waals surface area contributed by atoms with Crippen LogP contribution in [0.25, 0.3) is 0 Å². The van der Waals surface area contributed by atoms with Crippen molar-refractivity contribution < 1.29 is 24.3 Å². The minimum Gasteiger partial charge on any atom is -0.478 e. The van der Waals surface area contributed by atoms with Gasteiger partial charge in [0.2, 0.25) is 12.0 Å². The van der Waals surface area contributed by atoms with E-state index in [1.807, 2.05) is 20.8 Å². The molecule has 1 aromatic carbocycles. The van der Waals surface area contributed by atoms with Gasteiger partial charge in [-0.1, -0.05) is 20.8 Å². The van der Waals surface area contributed by atoms with Crippen LogP contribution >= 0.6 is 0 Å². The number of hydrogen-bond donors (Lipinski definition) is 1. The van der Waals surface area contributed by atoms with E-state index in [2.05, 4.69) is 0 Å². The van der Waals surface area contributed by atoms with Gasteiger partial charge in [-0.25, -0.2) is 4.79 Å². The smallest absolute Gasteiger partial charge is 0.335 e. The van der Waals surface area contributed by atoms with Crippen LogP contribution in [-0.4, -0.2) is 28.4 Å². The van der Waals surface area contributed by atoms with Crippen LogP contribution in [0.2, 0.25) is 0 Å². The van der Waals surface area contributed by atoms with E-state index in [0.29, 0.717) is 11.8 Å². The molecular formula is C19H25NO6. The van der Waals surface area contributed by atoms with E-state index in [-0.39, 0.29) is 23.1 Å². The first-order valence-electron chi connectivity index (χ1n) is 8.99. The molecule has 0 heterocycles. The second-order valence-electron chi connectivity index (χ2n) is 8.41. The van der Waals surface area contributed by atoms with Gasteiger partial charge in [-0.2, -0.15) is 0 Å². The number of ether oxygens (including phenoxy) is 2. The number of hydrogen-bond acceptors (Lipinski definition) is 5. The lowest BCUT2D eigenvalue weighted by Gasteiger charge is -2.35. The molecular weight excluding hydrogens is 338 g/mol. The van der Waals surface area contributed by atoms with Crippen LogP contribution in [0, 0.1) is 27.4 Å². The Bertz CT molecular complexity index is 710. The molecule has 3 rings (SSSR count). The molecule has 0 aliphatic heterocycles. The number of carbonyl (C=O) groups is 1. The van der Waals surface area contributed by atoms with Crippen molar-refractivity contribution in [1.82, 2.24) is 0 Å². The van der Waals surface area contributed by atoms with Crippen molar-refractivity contribution >= 4 is 11.7 Å². The highest BCUT2D eigenvalue weighted by molar-refractivity contribution is 5.88. The monoisotopic (exact) mass is 363 g/mol. The summed E-state index contributed by atoms with van der Waals surface area (Å²) in [6.07, 6.45) is 3.97. The predicted octanol–water partition coefficient (Wildman–Crippen LogP) is 4.25. The lowest BCUT2D eigenvalue weighted by Crippen LogP contribution is -2.39. The van der Waals surface area contributed by atoms with Crippen molar-refractivity contribution in [2.24, 2.45) is 17.3 Å². The van der Waals surface area contributed by atoms with Gasteiger partial charge in [0.15, 0.2) is 0 Å². The number of carboxylic acid groups (broad SMARTS) is 1. The number of aromatic carboxylic acids is 1. The minimum atomic E-state index is -1.16. The van der Waals surface area contributed by atoms with Crippen molar-refractivity contribution in [2.45, 2.75) is 58.8 Å². The van der Waals surface area contributed by atoms with E-state index in [4.69, 9.17) is 9.47 Å². The molecule has 26 heavy (non-hydrogen) atoms. The normalized spacial score (nSPS) is 25.9. The van der Waals surface area contributed by atoms with Crippen molar-refractivity contribution in [3.05, 3.63) is 33.9 Å². The van der Waals surface area contributed by atoms with Gasteiger partial charge in [0.05, 0.1) is 16.6 Å². The number of benzene rings is 1. The molecule has 142 valence electrons. The molecule has 0 spiro atoms. The van der Waals surface area contributed by atoms with E-state index in [1.54, 1.807) is 0 Å². The Kier molecular flexibility index (Phi) is 4.92.